The van der Waals surface area contributed by atoms with E-state index >= 15 is 0 Å². The Morgan fingerprint density at radius 1 is 1.05 bits per heavy atom. The molecule has 0 aliphatic carbocycles. The van der Waals surface area contributed by atoms with E-state index in [1.165, 1.54) is 12.1 Å². The van der Waals surface area contributed by atoms with Crippen LogP contribution < -0.4 is 5.32 Å². The van der Waals surface area contributed by atoms with E-state index in [2.05, 4.69) is 5.32 Å². The van der Waals surface area contributed by atoms with Crippen molar-refractivity contribution in [1.82, 2.24) is 0 Å². The lowest BCUT2D eigenvalue weighted by atomic mass is 10.0. The summed E-state index contributed by atoms with van der Waals surface area (Å²) in [4.78, 5) is 0. The zero-order chi connectivity index (χ0) is 14.7. The summed E-state index contributed by atoms with van der Waals surface area (Å²) in [5, 5.41) is 4.53. The van der Waals surface area contributed by atoms with Gasteiger partial charge in [0.15, 0.2) is 0 Å². The van der Waals surface area contributed by atoms with E-state index in [4.69, 9.17) is 34.8 Å². The Labute approximate surface area is 132 Å². The zero-order valence-electron chi connectivity index (χ0n) is 10.8. The standard InChI is InChI=1S/C15H13Cl3FN/c1-2-15(11-5-3-9(16)7-13(11)18)20-10-4-6-12(17)14(19)8-10/h3-8,15,20H,2H2,1H3. The molecule has 1 unspecified atom stereocenters. The van der Waals surface area contributed by atoms with Crippen LogP contribution in [0.3, 0.4) is 0 Å². The van der Waals surface area contributed by atoms with Crippen LogP contribution in [0.2, 0.25) is 15.1 Å². The lowest BCUT2D eigenvalue weighted by molar-refractivity contribution is 0.628. The number of rotatable bonds is 4. The second kappa shape index (κ2) is 6.66. The molecule has 0 radical (unpaired) electrons. The zero-order valence-corrected chi connectivity index (χ0v) is 13.0. The molecule has 20 heavy (non-hydrogen) atoms. The van der Waals surface area contributed by atoms with Gasteiger partial charge in [0.2, 0.25) is 0 Å². The normalized spacial score (nSPS) is 12.2. The van der Waals surface area contributed by atoms with Crippen molar-refractivity contribution in [2.24, 2.45) is 0 Å². The summed E-state index contributed by atoms with van der Waals surface area (Å²) in [6.07, 6.45) is 0.797. The van der Waals surface area contributed by atoms with Gasteiger partial charge >= 0.3 is 0 Å². The van der Waals surface area contributed by atoms with E-state index in [0.717, 1.165) is 12.0 Å². The van der Waals surface area contributed by atoms with Gasteiger partial charge in [-0.25, -0.2) is 4.39 Å². The van der Waals surface area contributed by atoms with Gasteiger partial charge in [0.05, 0.1) is 11.1 Å². The SMILES string of the molecule is CCC(Nc1ccc(Cl)c(F)c1)c1ccc(Cl)cc1Cl. The average molecular weight is 333 g/mol. The third-order valence-electron chi connectivity index (χ3n) is 3.01. The Kier molecular flexibility index (Phi) is 5.14. The number of halogens is 4. The molecule has 0 fully saturated rings. The van der Waals surface area contributed by atoms with Crippen molar-refractivity contribution < 1.29 is 4.39 Å². The van der Waals surface area contributed by atoms with Crippen molar-refractivity contribution in [2.45, 2.75) is 19.4 Å². The van der Waals surface area contributed by atoms with Crippen molar-refractivity contribution in [3.05, 3.63) is 62.8 Å². The largest absolute Gasteiger partial charge is 0.378 e. The molecule has 0 aliphatic heterocycles. The van der Waals surface area contributed by atoms with Crippen LogP contribution in [0.4, 0.5) is 10.1 Å². The van der Waals surface area contributed by atoms with Gasteiger partial charge in [-0.2, -0.15) is 0 Å². The predicted molar refractivity (Wildman–Crippen MR) is 84.5 cm³/mol. The van der Waals surface area contributed by atoms with E-state index in [9.17, 15) is 4.39 Å². The Balaban J connectivity index is 2.26. The monoisotopic (exact) mass is 331 g/mol. The van der Waals surface area contributed by atoms with Gasteiger partial charge in [-0.05, 0) is 42.3 Å². The minimum atomic E-state index is -0.450. The number of hydrogen-bond acceptors (Lipinski definition) is 1. The molecule has 0 amide bonds. The molecule has 0 aliphatic rings. The first-order valence-electron chi connectivity index (χ1n) is 6.17. The van der Waals surface area contributed by atoms with E-state index in [1.54, 1.807) is 18.2 Å². The molecule has 0 aromatic heterocycles. The third kappa shape index (κ3) is 3.57. The highest BCUT2D eigenvalue weighted by Crippen LogP contribution is 2.31. The second-order valence-electron chi connectivity index (χ2n) is 4.40. The fourth-order valence-corrected chi connectivity index (χ4v) is 2.63. The summed E-state index contributed by atoms with van der Waals surface area (Å²) in [5.74, 6) is -0.450. The highest BCUT2D eigenvalue weighted by molar-refractivity contribution is 6.35. The summed E-state index contributed by atoms with van der Waals surface area (Å²) >= 11 is 17.8. The maximum absolute atomic E-state index is 13.5. The summed E-state index contributed by atoms with van der Waals surface area (Å²) < 4.78 is 13.5. The predicted octanol–water partition coefficient (Wildman–Crippen LogP) is 6.35. The van der Waals surface area contributed by atoms with Crippen LogP contribution >= 0.6 is 34.8 Å². The lowest BCUT2D eigenvalue weighted by Gasteiger charge is -2.20. The van der Waals surface area contributed by atoms with E-state index in [0.29, 0.717) is 15.7 Å². The molecule has 0 saturated carbocycles. The van der Waals surface area contributed by atoms with Crippen molar-refractivity contribution in [3.8, 4) is 0 Å². The Hall–Kier alpha value is -0.960. The van der Waals surface area contributed by atoms with Crippen LogP contribution in [0.1, 0.15) is 24.9 Å². The van der Waals surface area contributed by atoms with E-state index < -0.39 is 5.82 Å². The van der Waals surface area contributed by atoms with Crippen molar-refractivity contribution >= 4 is 40.5 Å². The number of anilines is 1. The quantitative estimate of drug-likeness (QED) is 0.688. The fraction of sp³-hybridized carbons (Fsp3) is 0.200. The Bertz CT molecular complexity index is 616. The molecule has 0 heterocycles. The summed E-state index contributed by atoms with van der Waals surface area (Å²) in [6.45, 7) is 2.02. The molecule has 2 rings (SSSR count). The third-order valence-corrected chi connectivity index (χ3v) is 3.88. The molecule has 1 nitrogen and oxygen atoms in total. The molecule has 1 atom stereocenters. The minimum Gasteiger partial charge on any atom is -0.378 e. The average Bonchev–Trinajstić information content (AvgIpc) is 2.41. The Morgan fingerprint density at radius 2 is 1.80 bits per heavy atom. The summed E-state index contributed by atoms with van der Waals surface area (Å²) in [7, 11) is 0. The first-order valence-corrected chi connectivity index (χ1v) is 7.31. The molecule has 2 aromatic rings. The molecule has 0 saturated heterocycles. The molecular formula is C15H13Cl3FN. The van der Waals surface area contributed by atoms with Gasteiger partial charge in [-0.15, -0.1) is 0 Å². The van der Waals surface area contributed by atoms with E-state index in [-0.39, 0.29) is 11.1 Å². The maximum Gasteiger partial charge on any atom is 0.143 e. The van der Waals surface area contributed by atoms with Crippen LogP contribution in [0.15, 0.2) is 36.4 Å². The van der Waals surface area contributed by atoms with Gasteiger partial charge in [0.1, 0.15) is 5.82 Å². The first-order chi connectivity index (χ1) is 9.51. The summed E-state index contributed by atoms with van der Waals surface area (Å²) in [6, 6.07) is 9.96. The van der Waals surface area contributed by atoms with Crippen LogP contribution in [0.25, 0.3) is 0 Å². The van der Waals surface area contributed by atoms with Crippen LogP contribution in [0, 0.1) is 5.82 Å². The molecular weight excluding hydrogens is 320 g/mol. The molecule has 0 bridgehead atoms. The van der Waals surface area contributed by atoms with Crippen LogP contribution in [-0.2, 0) is 0 Å². The molecule has 0 spiro atoms. The van der Waals surface area contributed by atoms with Gasteiger partial charge in [0.25, 0.3) is 0 Å². The fourth-order valence-electron chi connectivity index (χ4n) is 1.97. The Morgan fingerprint density at radius 3 is 2.40 bits per heavy atom. The second-order valence-corrected chi connectivity index (χ2v) is 5.65. The molecule has 5 heteroatoms. The number of nitrogens with one attached hydrogen (secondary N) is 1. The van der Waals surface area contributed by atoms with Gasteiger partial charge in [-0.3, -0.25) is 0 Å². The lowest BCUT2D eigenvalue weighted by Crippen LogP contribution is -2.10. The molecule has 106 valence electrons. The van der Waals surface area contributed by atoms with Crippen LogP contribution in [0.5, 0.6) is 0 Å². The highest BCUT2D eigenvalue weighted by atomic mass is 35.5. The highest BCUT2D eigenvalue weighted by Gasteiger charge is 2.14. The van der Waals surface area contributed by atoms with Gasteiger partial charge in [0, 0.05) is 15.7 Å². The minimum absolute atomic E-state index is 0.0275. The smallest absolute Gasteiger partial charge is 0.143 e. The molecule has 2 aromatic carbocycles. The maximum atomic E-state index is 13.5. The first kappa shape index (κ1) is 15.4. The van der Waals surface area contributed by atoms with Gasteiger partial charge in [-0.1, -0.05) is 47.8 Å². The van der Waals surface area contributed by atoms with Crippen molar-refractivity contribution in [1.29, 1.82) is 0 Å². The van der Waals surface area contributed by atoms with Crippen LogP contribution in [-0.4, -0.2) is 0 Å². The summed E-state index contributed by atoms with van der Waals surface area (Å²) in [5.41, 5.74) is 1.58. The number of hydrogen-bond donors (Lipinski definition) is 1. The number of benzene rings is 2. The van der Waals surface area contributed by atoms with E-state index in [1.807, 2.05) is 13.0 Å². The topological polar surface area (TPSA) is 12.0 Å². The van der Waals surface area contributed by atoms with Gasteiger partial charge < -0.3 is 5.32 Å². The molecule has 1 N–H and O–H groups in total. The van der Waals surface area contributed by atoms with Crippen molar-refractivity contribution in [3.63, 3.8) is 0 Å². The van der Waals surface area contributed by atoms with Crippen molar-refractivity contribution in [2.75, 3.05) is 5.32 Å².